The average molecular weight is 861 g/mol. The normalized spacial score (nSPS) is 22.9. The third-order valence-corrected chi connectivity index (χ3v) is 9.63. The van der Waals surface area contributed by atoms with Crippen LogP contribution in [0.4, 0.5) is 0 Å². The van der Waals surface area contributed by atoms with Gasteiger partial charge < -0.3 is 74.1 Å². The van der Waals surface area contributed by atoms with Crippen LogP contribution in [0.2, 0.25) is 0 Å². The number of benzene rings is 1. The minimum absolute atomic E-state index is 0.106. The Labute approximate surface area is 347 Å². The fraction of sp³-hybridized carbons (Fsp3) is 0.514. The number of carboxylic acids is 3. The lowest BCUT2D eigenvalue weighted by atomic mass is 10.0. The monoisotopic (exact) mass is 860 g/mol. The van der Waals surface area contributed by atoms with E-state index >= 15 is 0 Å². The Kier molecular flexibility index (Phi) is 18.1. The molecule has 3 rings (SSSR count). The van der Waals surface area contributed by atoms with Gasteiger partial charge in [0.1, 0.15) is 30.2 Å². The van der Waals surface area contributed by atoms with Gasteiger partial charge >= 0.3 is 17.9 Å². The van der Waals surface area contributed by atoms with Crippen molar-refractivity contribution in [3.8, 4) is 0 Å². The number of aliphatic hydroxyl groups is 1. The summed E-state index contributed by atoms with van der Waals surface area (Å²) in [7, 11) is 0. The lowest BCUT2D eigenvalue weighted by molar-refractivity contribution is -0.144. The van der Waals surface area contributed by atoms with Crippen LogP contribution in [0.1, 0.15) is 63.9 Å². The molecule has 2 heterocycles. The van der Waals surface area contributed by atoms with Crippen molar-refractivity contribution in [2.24, 2.45) is 11.5 Å². The number of hydrogen-bond donors (Lipinski definition) is 14. The molecule has 1 aliphatic rings. The molecule has 1 aromatic heterocycles. The number of hydrogen-bond acceptors (Lipinski definition) is 13. The number of carbonyl (C=O) groups is 10. The summed E-state index contributed by atoms with van der Waals surface area (Å²) in [5.74, 6) is -12.5. The zero-order chi connectivity index (χ0) is 45.4. The Morgan fingerprint density at radius 1 is 0.885 bits per heavy atom. The number of fused-ring (bicyclic) bond motifs is 1. The molecule has 1 saturated heterocycles. The van der Waals surface area contributed by atoms with Crippen molar-refractivity contribution in [1.29, 1.82) is 0 Å². The highest BCUT2D eigenvalue weighted by Crippen LogP contribution is 2.20. The lowest BCUT2D eigenvalue weighted by Gasteiger charge is -2.33. The number of carboxylic acid groups (broad SMARTS) is 3. The van der Waals surface area contributed by atoms with Crippen molar-refractivity contribution in [3.05, 3.63) is 36.0 Å². The Morgan fingerprint density at radius 3 is 2.18 bits per heavy atom. The van der Waals surface area contributed by atoms with Crippen LogP contribution in [-0.4, -0.2) is 140 Å². The quantitative estimate of drug-likeness (QED) is 0.0670. The Balaban J connectivity index is 2.16. The van der Waals surface area contributed by atoms with Gasteiger partial charge in [0.15, 0.2) is 5.66 Å². The highest BCUT2D eigenvalue weighted by Gasteiger charge is 2.41. The van der Waals surface area contributed by atoms with Gasteiger partial charge in [-0.3, -0.25) is 43.2 Å². The van der Waals surface area contributed by atoms with Gasteiger partial charge in [-0.1, -0.05) is 18.2 Å². The highest BCUT2D eigenvalue weighted by atomic mass is 16.4. The third-order valence-electron chi connectivity index (χ3n) is 9.63. The number of H-pyrrole nitrogens is 1. The number of aliphatic carboxylic acids is 3. The summed E-state index contributed by atoms with van der Waals surface area (Å²) in [5, 5.41) is 54.5. The lowest BCUT2D eigenvalue weighted by Crippen LogP contribution is -2.70. The molecule has 24 nitrogen and oxygen atoms in total. The molecule has 0 spiro atoms. The second-order valence-corrected chi connectivity index (χ2v) is 14.5. The summed E-state index contributed by atoms with van der Waals surface area (Å²) >= 11 is 0. The van der Waals surface area contributed by atoms with Crippen LogP contribution < -0.4 is 48.7 Å². The molecule has 0 aliphatic carbocycles. The van der Waals surface area contributed by atoms with E-state index < -0.39 is 140 Å². The van der Waals surface area contributed by atoms with Crippen molar-refractivity contribution in [2.75, 3.05) is 13.2 Å². The van der Waals surface area contributed by atoms with Gasteiger partial charge in [-0.15, -0.1) is 0 Å². The smallest absolute Gasteiger partial charge is 0.328 e. The SMILES string of the molecule is C[C@]1(NC(=O)[C@@H](N)CCC(=O)O)NC(=O)CCC(C(=O)N[C@@H](CO)C(=O)O)NC(=O)C(Cc2c[nH]c3ccccc23)NC(=O)[C@H](CCCCN)NC(=O)C(CC(=O)O)NC1=O. The van der Waals surface area contributed by atoms with E-state index in [1.54, 1.807) is 30.5 Å². The number of nitrogens with two attached hydrogens (primary N) is 2. The predicted octanol–water partition coefficient (Wildman–Crippen LogP) is -4.25. The number of nitrogens with one attached hydrogen (secondary N) is 8. The van der Waals surface area contributed by atoms with Crippen LogP contribution >= 0.6 is 0 Å². The van der Waals surface area contributed by atoms with Crippen LogP contribution in [0.25, 0.3) is 10.9 Å². The molecule has 7 atom stereocenters. The van der Waals surface area contributed by atoms with E-state index in [1.165, 1.54) is 0 Å². The van der Waals surface area contributed by atoms with Crippen LogP contribution in [0.3, 0.4) is 0 Å². The molecular formula is C37H52N10O14. The van der Waals surface area contributed by atoms with Crippen LogP contribution in [0.5, 0.6) is 0 Å². The zero-order valence-electron chi connectivity index (χ0n) is 33.2. The molecule has 0 radical (unpaired) electrons. The number of unbranched alkanes of at least 4 members (excludes halogenated alkanes) is 1. The van der Waals surface area contributed by atoms with E-state index in [9.17, 15) is 63.3 Å². The van der Waals surface area contributed by atoms with Gasteiger partial charge in [0.25, 0.3) is 5.91 Å². The number of aliphatic hydroxyl groups excluding tert-OH is 1. The largest absolute Gasteiger partial charge is 0.481 e. The molecule has 2 aromatic rings. The van der Waals surface area contributed by atoms with Gasteiger partial charge in [-0.2, -0.15) is 0 Å². The minimum atomic E-state index is -2.56. The van der Waals surface area contributed by atoms with Crippen LogP contribution in [0.15, 0.2) is 30.5 Å². The van der Waals surface area contributed by atoms with E-state index in [2.05, 4.69) is 42.2 Å². The highest BCUT2D eigenvalue weighted by molar-refractivity contribution is 6.00. The van der Waals surface area contributed by atoms with Gasteiger partial charge in [0.05, 0.1) is 19.1 Å². The molecule has 16 N–H and O–H groups in total. The van der Waals surface area contributed by atoms with Gasteiger partial charge in [0, 0.05) is 36.4 Å². The molecule has 334 valence electrons. The van der Waals surface area contributed by atoms with Crippen LogP contribution in [-0.2, 0) is 54.4 Å². The predicted molar refractivity (Wildman–Crippen MR) is 210 cm³/mol. The summed E-state index contributed by atoms with van der Waals surface area (Å²) in [6.07, 6.45) is -1.59. The Morgan fingerprint density at radius 2 is 1.54 bits per heavy atom. The number of amides is 7. The number of aromatic amines is 1. The second-order valence-electron chi connectivity index (χ2n) is 14.5. The summed E-state index contributed by atoms with van der Waals surface area (Å²) in [4.78, 5) is 134. The van der Waals surface area contributed by atoms with Crippen molar-refractivity contribution >= 4 is 70.2 Å². The molecule has 1 aromatic carbocycles. The van der Waals surface area contributed by atoms with Crippen LogP contribution in [0, 0.1) is 0 Å². The van der Waals surface area contributed by atoms with Crippen molar-refractivity contribution in [1.82, 2.24) is 42.2 Å². The average Bonchev–Trinajstić information content (AvgIpc) is 3.60. The van der Waals surface area contributed by atoms with Crippen molar-refractivity contribution in [2.45, 2.75) is 107 Å². The summed E-state index contributed by atoms with van der Waals surface area (Å²) in [6.45, 7) is 0.0579. The zero-order valence-corrected chi connectivity index (χ0v) is 33.2. The summed E-state index contributed by atoms with van der Waals surface area (Å²) in [5.41, 5.74) is 10.1. The summed E-state index contributed by atoms with van der Waals surface area (Å²) < 4.78 is 0. The Bertz CT molecular complexity index is 1970. The maximum absolute atomic E-state index is 14.2. The number of aromatic nitrogens is 1. The van der Waals surface area contributed by atoms with E-state index in [-0.39, 0.29) is 25.8 Å². The molecule has 1 fully saturated rings. The van der Waals surface area contributed by atoms with E-state index in [0.717, 1.165) is 6.92 Å². The standard InChI is InChI=1S/C37H52N10O14/c1-37(47-30(54)20(39)9-12-28(50)51)36(61)45-25(15-29(52)53)34(58)41-22(8-4-5-13-38)31(55)43-24(14-18-16-40-21-7-3-2-6-19(18)21)33(57)42-23(10-11-27(49)46-37)32(56)44-26(17-48)35(59)60/h2-3,6-7,16,20,22-26,40,48H,4-5,8-15,17,38-39H2,1H3,(H,41,58)(H,42,57)(H,43,55)(H,44,56)(H,45,61)(H,46,49)(H,47,54)(H,50,51)(H,52,53)(H,59,60)/t20-,22-,23?,24?,25?,26-,37+/m0/s1. The molecular weight excluding hydrogens is 808 g/mol. The molecule has 7 amide bonds. The minimum Gasteiger partial charge on any atom is -0.481 e. The maximum atomic E-state index is 14.2. The first-order chi connectivity index (χ1) is 28.8. The molecule has 61 heavy (non-hydrogen) atoms. The number of para-hydroxylation sites is 1. The van der Waals surface area contributed by atoms with Gasteiger partial charge in [0.2, 0.25) is 35.4 Å². The molecule has 1 aliphatic heterocycles. The van der Waals surface area contributed by atoms with E-state index in [1.807, 2.05) is 0 Å². The molecule has 3 unspecified atom stereocenters. The first-order valence-electron chi connectivity index (χ1n) is 19.2. The van der Waals surface area contributed by atoms with E-state index in [4.69, 9.17) is 16.6 Å². The fourth-order valence-electron chi connectivity index (χ4n) is 6.23. The molecule has 0 bridgehead atoms. The number of carbonyl (C=O) groups excluding carboxylic acids is 7. The van der Waals surface area contributed by atoms with Gasteiger partial charge in [-0.05, 0) is 57.2 Å². The van der Waals surface area contributed by atoms with Gasteiger partial charge in [-0.25, -0.2) is 4.79 Å². The molecule has 24 heteroatoms. The molecule has 0 saturated carbocycles. The fourth-order valence-corrected chi connectivity index (χ4v) is 6.23. The van der Waals surface area contributed by atoms with E-state index in [0.29, 0.717) is 22.9 Å². The Hall–Kier alpha value is -6.66. The first-order valence-corrected chi connectivity index (χ1v) is 19.2. The first kappa shape index (κ1) is 48.7. The third kappa shape index (κ3) is 14.5. The maximum Gasteiger partial charge on any atom is 0.328 e. The van der Waals surface area contributed by atoms with Crippen molar-refractivity contribution in [3.63, 3.8) is 0 Å². The topological polar surface area (TPSA) is 404 Å². The number of rotatable bonds is 17. The van der Waals surface area contributed by atoms with Crippen molar-refractivity contribution < 1.29 is 68.4 Å². The second kappa shape index (κ2) is 22.6. The summed E-state index contributed by atoms with van der Waals surface area (Å²) in [6, 6.07) is -3.14.